The molecule has 4 rings (SSSR count). The van der Waals surface area contributed by atoms with E-state index in [1.165, 1.54) is 16.9 Å². The fraction of sp³-hybridized carbons (Fsp3) is 0.545. The molecule has 1 aromatic heterocycles. The second-order valence-corrected chi connectivity index (χ2v) is 8.95. The predicted octanol–water partition coefficient (Wildman–Crippen LogP) is 3.15. The molecule has 160 valence electrons. The van der Waals surface area contributed by atoms with Crippen LogP contribution in [0.5, 0.6) is 0 Å². The van der Waals surface area contributed by atoms with Crippen LogP contribution in [0.15, 0.2) is 24.3 Å². The highest BCUT2D eigenvalue weighted by atomic mass is 32.1. The zero-order valence-electron chi connectivity index (χ0n) is 17.5. The van der Waals surface area contributed by atoms with Crippen LogP contribution in [0.1, 0.15) is 50.2 Å². The Kier molecular flexibility index (Phi) is 6.62. The normalized spacial score (nSPS) is 18.0. The van der Waals surface area contributed by atoms with E-state index in [0.29, 0.717) is 18.1 Å². The Hall–Kier alpha value is -2.48. The highest BCUT2D eigenvalue weighted by molar-refractivity contribution is 7.19. The van der Waals surface area contributed by atoms with Gasteiger partial charge in [-0.3, -0.25) is 14.5 Å². The first kappa shape index (κ1) is 20.8. The summed E-state index contributed by atoms with van der Waals surface area (Å²) >= 11 is 1.48. The van der Waals surface area contributed by atoms with Crippen molar-refractivity contribution in [3.05, 3.63) is 35.4 Å². The molecule has 0 atom stereocenters. The molecule has 8 heteroatoms. The van der Waals surface area contributed by atoms with Gasteiger partial charge in [0.15, 0.2) is 0 Å². The quantitative estimate of drug-likeness (QED) is 0.766. The molecule has 2 aliphatic rings. The Morgan fingerprint density at radius 2 is 1.77 bits per heavy atom. The van der Waals surface area contributed by atoms with Crippen molar-refractivity contribution in [2.45, 2.75) is 52.0 Å². The van der Waals surface area contributed by atoms with Crippen molar-refractivity contribution in [1.29, 1.82) is 0 Å². The molecule has 3 heterocycles. The lowest BCUT2D eigenvalue weighted by Crippen LogP contribution is -2.40. The molecule has 7 nitrogen and oxygen atoms in total. The minimum absolute atomic E-state index is 0.0345. The van der Waals surface area contributed by atoms with Crippen LogP contribution in [0, 0.1) is 5.92 Å². The van der Waals surface area contributed by atoms with E-state index >= 15 is 0 Å². The predicted molar refractivity (Wildman–Crippen MR) is 119 cm³/mol. The third-order valence-corrected chi connectivity index (χ3v) is 7.00. The average molecular weight is 428 g/mol. The summed E-state index contributed by atoms with van der Waals surface area (Å²) in [6.07, 6.45) is 5.20. The monoisotopic (exact) mass is 427 g/mol. The number of benzene rings is 1. The third kappa shape index (κ3) is 4.80. The number of rotatable bonds is 6. The Morgan fingerprint density at radius 3 is 2.47 bits per heavy atom. The molecular weight excluding hydrogens is 398 g/mol. The Bertz CT molecular complexity index is 874. The number of carbonyl (C=O) groups is 2. The van der Waals surface area contributed by atoms with Gasteiger partial charge in [-0.15, -0.1) is 10.2 Å². The Morgan fingerprint density at radius 1 is 1.07 bits per heavy atom. The van der Waals surface area contributed by atoms with Crippen LogP contribution >= 0.6 is 11.3 Å². The van der Waals surface area contributed by atoms with Crippen LogP contribution in [0.25, 0.3) is 0 Å². The van der Waals surface area contributed by atoms with Crippen LogP contribution in [0.4, 0.5) is 10.3 Å². The summed E-state index contributed by atoms with van der Waals surface area (Å²) in [5.74, 6) is 0.307. The fourth-order valence-corrected chi connectivity index (χ4v) is 4.95. The molecular formula is C22H29N5O2S. The van der Waals surface area contributed by atoms with Crippen LogP contribution in [-0.4, -0.2) is 41.6 Å². The first-order valence-electron chi connectivity index (χ1n) is 10.9. The lowest BCUT2D eigenvalue weighted by atomic mass is 9.96. The standard InChI is InChI=1S/C22H29N5O2S/c1-2-16-6-8-17(9-7-16)15-23-20(29)18-10-13-26(14-11-18)21-24-25-22(30-21)27-12-4-3-5-19(27)28/h6-9,18H,2-5,10-15H2,1H3,(H,23,29). The maximum atomic E-state index is 12.6. The summed E-state index contributed by atoms with van der Waals surface area (Å²) in [4.78, 5) is 28.6. The molecule has 0 bridgehead atoms. The molecule has 2 aromatic rings. The van der Waals surface area contributed by atoms with Crippen molar-refractivity contribution in [3.63, 3.8) is 0 Å². The van der Waals surface area contributed by atoms with Crippen LogP contribution in [0.2, 0.25) is 0 Å². The number of hydrogen-bond donors (Lipinski definition) is 1. The Balaban J connectivity index is 1.26. The number of nitrogens with one attached hydrogen (secondary N) is 1. The maximum Gasteiger partial charge on any atom is 0.228 e. The lowest BCUT2D eigenvalue weighted by Gasteiger charge is -2.30. The second kappa shape index (κ2) is 9.55. The summed E-state index contributed by atoms with van der Waals surface area (Å²) in [5, 5.41) is 13.2. The SMILES string of the molecule is CCc1ccc(CNC(=O)C2CCN(c3nnc(N4CCCCC4=O)s3)CC2)cc1. The van der Waals surface area contributed by atoms with Crippen LogP contribution in [0.3, 0.4) is 0 Å². The lowest BCUT2D eigenvalue weighted by molar-refractivity contribution is -0.125. The molecule has 2 fully saturated rings. The number of nitrogens with zero attached hydrogens (tertiary/aromatic N) is 4. The largest absolute Gasteiger partial charge is 0.352 e. The van der Waals surface area contributed by atoms with E-state index in [1.807, 2.05) is 0 Å². The molecule has 0 radical (unpaired) electrons. The summed E-state index contributed by atoms with van der Waals surface area (Å²) in [7, 11) is 0. The van der Waals surface area contributed by atoms with Gasteiger partial charge in [0.2, 0.25) is 22.1 Å². The first-order chi connectivity index (χ1) is 14.6. The number of aromatic nitrogens is 2. The molecule has 2 saturated heterocycles. The minimum Gasteiger partial charge on any atom is -0.352 e. The van der Waals surface area contributed by atoms with E-state index in [1.54, 1.807) is 4.90 Å². The third-order valence-electron chi connectivity index (χ3n) is 5.99. The van der Waals surface area contributed by atoms with Gasteiger partial charge in [0.25, 0.3) is 0 Å². The molecule has 1 N–H and O–H groups in total. The van der Waals surface area contributed by atoms with Gasteiger partial charge in [-0.25, -0.2) is 0 Å². The Labute approximate surface area is 181 Å². The van der Waals surface area contributed by atoms with Gasteiger partial charge in [-0.05, 0) is 43.2 Å². The molecule has 0 saturated carbocycles. The minimum atomic E-state index is 0.0345. The summed E-state index contributed by atoms with van der Waals surface area (Å²) < 4.78 is 0. The van der Waals surface area contributed by atoms with Gasteiger partial charge in [-0.1, -0.05) is 42.5 Å². The highest BCUT2D eigenvalue weighted by Crippen LogP contribution is 2.31. The number of carbonyl (C=O) groups excluding carboxylic acids is 2. The van der Waals surface area contributed by atoms with E-state index in [9.17, 15) is 9.59 Å². The maximum absolute atomic E-state index is 12.6. The smallest absolute Gasteiger partial charge is 0.228 e. The van der Waals surface area contributed by atoms with Crippen molar-refractivity contribution in [3.8, 4) is 0 Å². The van der Waals surface area contributed by atoms with Gasteiger partial charge in [0, 0.05) is 38.5 Å². The van der Waals surface area contributed by atoms with E-state index < -0.39 is 0 Å². The van der Waals surface area contributed by atoms with E-state index in [0.717, 1.165) is 62.4 Å². The molecule has 0 aliphatic carbocycles. The van der Waals surface area contributed by atoms with Crippen molar-refractivity contribution in [2.24, 2.45) is 5.92 Å². The van der Waals surface area contributed by atoms with Crippen molar-refractivity contribution in [2.75, 3.05) is 29.4 Å². The van der Waals surface area contributed by atoms with Gasteiger partial charge in [-0.2, -0.15) is 0 Å². The first-order valence-corrected chi connectivity index (χ1v) is 11.7. The molecule has 0 spiro atoms. The zero-order valence-corrected chi connectivity index (χ0v) is 18.3. The summed E-state index contributed by atoms with van der Waals surface area (Å²) in [6.45, 7) is 5.01. The van der Waals surface area contributed by atoms with Gasteiger partial charge < -0.3 is 10.2 Å². The number of amides is 2. The van der Waals surface area contributed by atoms with Crippen molar-refractivity contribution < 1.29 is 9.59 Å². The molecule has 0 unspecified atom stereocenters. The van der Waals surface area contributed by atoms with E-state index in [-0.39, 0.29) is 17.7 Å². The molecule has 2 aliphatic heterocycles. The topological polar surface area (TPSA) is 78.4 Å². The summed E-state index contributed by atoms with van der Waals surface area (Å²) in [6, 6.07) is 8.41. The average Bonchev–Trinajstić information content (AvgIpc) is 3.28. The van der Waals surface area contributed by atoms with Crippen LogP contribution in [-0.2, 0) is 22.6 Å². The van der Waals surface area contributed by atoms with Crippen molar-refractivity contribution in [1.82, 2.24) is 15.5 Å². The molecule has 30 heavy (non-hydrogen) atoms. The molecule has 1 aromatic carbocycles. The second-order valence-electron chi connectivity index (χ2n) is 8.02. The van der Waals surface area contributed by atoms with Crippen molar-refractivity contribution >= 4 is 33.4 Å². The number of anilines is 2. The number of aryl methyl sites for hydroxylation is 1. The number of piperidine rings is 2. The highest BCUT2D eigenvalue weighted by Gasteiger charge is 2.28. The summed E-state index contributed by atoms with van der Waals surface area (Å²) in [5.41, 5.74) is 2.44. The van der Waals surface area contributed by atoms with Gasteiger partial charge >= 0.3 is 0 Å². The fourth-order valence-electron chi connectivity index (χ4n) is 4.01. The number of hydrogen-bond acceptors (Lipinski definition) is 6. The van der Waals surface area contributed by atoms with E-state index in [2.05, 4.69) is 51.6 Å². The van der Waals surface area contributed by atoms with Gasteiger partial charge in [0.1, 0.15) is 0 Å². The van der Waals surface area contributed by atoms with E-state index in [4.69, 9.17) is 0 Å². The van der Waals surface area contributed by atoms with Gasteiger partial charge in [0.05, 0.1) is 0 Å². The molecule has 2 amide bonds. The van der Waals surface area contributed by atoms with Crippen LogP contribution < -0.4 is 15.1 Å². The zero-order chi connectivity index (χ0) is 20.9.